The number of urea groups is 2. The van der Waals surface area contributed by atoms with Crippen LogP contribution in [0.15, 0.2) is 22.4 Å². The first-order valence-corrected chi connectivity index (χ1v) is 5.40. The van der Waals surface area contributed by atoms with Gasteiger partial charge in [0.15, 0.2) is 0 Å². The summed E-state index contributed by atoms with van der Waals surface area (Å²) < 4.78 is 0. The minimum atomic E-state index is -0.671. The molecule has 0 radical (unpaired) electrons. The molecule has 0 aromatic rings. The summed E-state index contributed by atoms with van der Waals surface area (Å²) in [6.45, 7) is 0.462. The van der Waals surface area contributed by atoms with Gasteiger partial charge < -0.3 is 0 Å². The van der Waals surface area contributed by atoms with Crippen LogP contribution in [-0.4, -0.2) is 46.8 Å². The Morgan fingerprint density at radius 3 is 1.72 bits per heavy atom. The average Bonchev–Trinajstić information content (AvgIpc) is 2.82. The van der Waals surface area contributed by atoms with Crippen LogP contribution < -0.4 is 0 Å². The first-order valence-electron chi connectivity index (χ1n) is 5.40. The van der Waals surface area contributed by atoms with E-state index in [2.05, 4.69) is 10.2 Å². The third-order valence-electron chi connectivity index (χ3n) is 2.60. The van der Waals surface area contributed by atoms with Gasteiger partial charge in [-0.05, 0) is 12.8 Å². The van der Waals surface area contributed by atoms with Crippen molar-refractivity contribution in [2.24, 2.45) is 10.2 Å². The molecule has 0 aromatic heterocycles. The topological polar surface area (TPSA) is 99.5 Å². The molecule has 8 heteroatoms. The molecule has 94 valence electrons. The summed E-state index contributed by atoms with van der Waals surface area (Å²) in [7, 11) is 0. The minimum Gasteiger partial charge on any atom is -0.275 e. The lowest BCUT2D eigenvalue weighted by Gasteiger charge is -2.14. The predicted molar refractivity (Wildman–Crippen MR) is 57.4 cm³/mol. The monoisotopic (exact) mass is 250 g/mol. The molecule has 0 saturated heterocycles. The number of unbranched alkanes of at least 4 members (excludes halogenated alkanes) is 1. The Morgan fingerprint density at radius 2 is 1.22 bits per heavy atom. The maximum absolute atomic E-state index is 11.2. The lowest BCUT2D eigenvalue weighted by Crippen LogP contribution is -2.32. The third kappa shape index (κ3) is 2.31. The van der Waals surface area contributed by atoms with Gasteiger partial charge in [0.2, 0.25) is 0 Å². The molecule has 0 aliphatic carbocycles. The standard InChI is InChI=1S/C10H10N4O4/c15-7-3-4-8(16)13(7)5-1-2-6-14-9(17)11-12-10(14)18/h3-4H,1-2,5-6H2. The summed E-state index contributed by atoms with van der Waals surface area (Å²) in [5.74, 6) is -0.670. The van der Waals surface area contributed by atoms with Gasteiger partial charge in [0.1, 0.15) is 0 Å². The van der Waals surface area contributed by atoms with Crippen molar-refractivity contribution >= 4 is 23.9 Å². The molecule has 0 spiro atoms. The summed E-state index contributed by atoms with van der Waals surface area (Å²) in [5, 5.41) is 6.23. The van der Waals surface area contributed by atoms with Crippen molar-refractivity contribution in [3.05, 3.63) is 12.2 Å². The van der Waals surface area contributed by atoms with E-state index in [4.69, 9.17) is 0 Å². The Kier molecular flexibility index (Phi) is 3.26. The fraction of sp³-hybridized carbons (Fsp3) is 0.400. The van der Waals surface area contributed by atoms with E-state index in [1.807, 2.05) is 0 Å². The Hall–Kier alpha value is -2.38. The van der Waals surface area contributed by atoms with Gasteiger partial charge in [-0.15, -0.1) is 0 Å². The quantitative estimate of drug-likeness (QED) is 0.529. The highest BCUT2D eigenvalue weighted by molar-refractivity contribution is 6.12. The van der Waals surface area contributed by atoms with Gasteiger partial charge in [0.05, 0.1) is 0 Å². The van der Waals surface area contributed by atoms with Crippen LogP contribution in [0.3, 0.4) is 0 Å². The van der Waals surface area contributed by atoms with Crippen molar-refractivity contribution in [2.45, 2.75) is 12.8 Å². The molecule has 2 heterocycles. The van der Waals surface area contributed by atoms with Crippen molar-refractivity contribution in [3.63, 3.8) is 0 Å². The second-order valence-corrected chi connectivity index (χ2v) is 3.79. The van der Waals surface area contributed by atoms with E-state index < -0.39 is 12.1 Å². The number of hydrogen-bond acceptors (Lipinski definition) is 4. The summed E-state index contributed by atoms with van der Waals surface area (Å²) in [4.78, 5) is 46.6. The Labute approximate surface area is 102 Å². The van der Waals surface area contributed by atoms with E-state index in [0.29, 0.717) is 12.8 Å². The van der Waals surface area contributed by atoms with Gasteiger partial charge in [-0.2, -0.15) is 0 Å². The zero-order valence-corrected chi connectivity index (χ0v) is 9.40. The van der Waals surface area contributed by atoms with E-state index in [0.717, 1.165) is 9.80 Å². The van der Waals surface area contributed by atoms with Crippen LogP contribution in [0.2, 0.25) is 0 Å². The molecule has 2 aliphatic heterocycles. The number of carbonyl (C=O) groups is 4. The molecule has 2 rings (SSSR count). The summed E-state index contributed by atoms with van der Waals surface area (Å²) >= 11 is 0. The summed E-state index contributed by atoms with van der Waals surface area (Å²) in [6.07, 6.45) is 3.43. The third-order valence-corrected chi connectivity index (χ3v) is 2.60. The Bertz CT molecular complexity index is 402. The zero-order valence-electron chi connectivity index (χ0n) is 9.40. The summed E-state index contributed by atoms with van der Waals surface area (Å²) in [6, 6.07) is -1.34. The van der Waals surface area contributed by atoms with Gasteiger partial charge in [-0.3, -0.25) is 14.5 Å². The predicted octanol–water partition coefficient (Wildman–Crippen LogP) is 0.699. The average molecular weight is 250 g/mol. The number of amides is 6. The molecule has 0 fully saturated rings. The van der Waals surface area contributed by atoms with Crippen LogP contribution in [0.25, 0.3) is 0 Å². The number of rotatable bonds is 5. The normalized spacial score (nSPS) is 18.7. The molecule has 0 bridgehead atoms. The van der Waals surface area contributed by atoms with Crippen molar-refractivity contribution in [1.29, 1.82) is 0 Å². The van der Waals surface area contributed by atoms with Crippen LogP contribution >= 0.6 is 0 Å². The second kappa shape index (κ2) is 4.86. The first-order chi connectivity index (χ1) is 8.59. The molecule has 0 N–H and O–H groups in total. The molecule has 8 nitrogen and oxygen atoms in total. The van der Waals surface area contributed by atoms with Gasteiger partial charge in [-0.1, -0.05) is 10.2 Å². The molecule has 2 aliphatic rings. The maximum atomic E-state index is 11.2. The molecule has 0 unspecified atom stereocenters. The number of nitrogens with zero attached hydrogens (tertiary/aromatic N) is 4. The Balaban J connectivity index is 1.71. The van der Waals surface area contributed by atoms with E-state index in [9.17, 15) is 19.2 Å². The highest BCUT2D eigenvalue weighted by Crippen LogP contribution is 2.10. The zero-order chi connectivity index (χ0) is 13.1. The van der Waals surface area contributed by atoms with Crippen LogP contribution in [0.5, 0.6) is 0 Å². The largest absolute Gasteiger partial charge is 0.370 e. The number of carbonyl (C=O) groups excluding carboxylic acids is 4. The van der Waals surface area contributed by atoms with Gasteiger partial charge in [0.25, 0.3) is 11.8 Å². The van der Waals surface area contributed by atoms with Crippen LogP contribution in [0, 0.1) is 0 Å². The summed E-state index contributed by atoms with van der Waals surface area (Å²) in [5.41, 5.74) is 0. The van der Waals surface area contributed by atoms with Crippen molar-refractivity contribution < 1.29 is 19.2 Å². The van der Waals surface area contributed by atoms with E-state index in [1.165, 1.54) is 12.2 Å². The van der Waals surface area contributed by atoms with Crippen molar-refractivity contribution in [3.8, 4) is 0 Å². The fourth-order valence-electron chi connectivity index (χ4n) is 1.66. The van der Waals surface area contributed by atoms with E-state index in [1.54, 1.807) is 0 Å². The van der Waals surface area contributed by atoms with E-state index >= 15 is 0 Å². The number of imide groups is 2. The van der Waals surface area contributed by atoms with Gasteiger partial charge in [0, 0.05) is 25.2 Å². The van der Waals surface area contributed by atoms with Crippen LogP contribution in [0.1, 0.15) is 12.8 Å². The lowest BCUT2D eigenvalue weighted by molar-refractivity contribution is -0.136. The second-order valence-electron chi connectivity index (χ2n) is 3.79. The fourth-order valence-corrected chi connectivity index (χ4v) is 1.66. The molecule has 0 aromatic carbocycles. The molecular weight excluding hydrogens is 240 g/mol. The number of azo groups is 1. The van der Waals surface area contributed by atoms with Crippen molar-refractivity contribution in [2.75, 3.05) is 13.1 Å². The SMILES string of the molecule is O=C1C=CC(=O)N1CCCCN1C(=O)N=NC1=O. The maximum Gasteiger partial charge on any atom is 0.370 e. The van der Waals surface area contributed by atoms with Crippen LogP contribution in [-0.2, 0) is 9.59 Å². The van der Waals surface area contributed by atoms with Gasteiger partial charge in [-0.25, -0.2) is 14.5 Å². The molecule has 0 saturated carbocycles. The minimum absolute atomic E-state index is 0.189. The molecule has 6 amide bonds. The first kappa shape index (κ1) is 12.1. The smallest absolute Gasteiger partial charge is 0.275 e. The van der Waals surface area contributed by atoms with Crippen LogP contribution in [0.4, 0.5) is 9.59 Å². The van der Waals surface area contributed by atoms with Gasteiger partial charge >= 0.3 is 12.1 Å². The van der Waals surface area contributed by atoms with E-state index in [-0.39, 0.29) is 24.9 Å². The highest BCUT2D eigenvalue weighted by atomic mass is 16.2. The Morgan fingerprint density at radius 1 is 0.778 bits per heavy atom. The van der Waals surface area contributed by atoms with Crippen molar-refractivity contribution in [1.82, 2.24) is 9.80 Å². The molecular formula is C10H10N4O4. The molecule has 0 atom stereocenters. The highest BCUT2D eigenvalue weighted by Gasteiger charge is 2.27. The number of hydrogen-bond donors (Lipinski definition) is 0. The molecule has 18 heavy (non-hydrogen) atoms. The lowest BCUT2D eigenvalue weighted by atomic mass is 10.3.